The number of amides is 1. The van der Waals surface area contributed by atoms with Crippen molar-refractivity contribution in [1.82, 2.24) is 15.6 Å². The number of hydrogen-bond acceptors (Lipinski definition) is 7. The molecule has 0 spiro atoms. The number of phenolic OH excluding ortho intramolecular Hbond substituents is 1. The number of aromatic amines is 1. The Bertz CT molecular complexity index is 1240. The van der Waals surface area contributed by atoms with Gasteiger partial charge in [0.2, 0.25) is 5.91 Å². The molecular weight excluding hydrogens is 430 g/mol. The Morgan fingerprint density at radius 3 is 2.67 bits per heavy atom. The van der Waals surface area contributed by atoms with E-state index < -0.39 is 42.6 Å². The number of benzene rings is 2. The first kappa shape index (κ1) is 22.3. The summed E-state index contributed by atoms with van der Waals surface area (Å²) in [5.74, 6) is -2.86. The second kappa shape index (κ2) is 8.93. The fraction of sp³-hybridized carbons (Fsp3) is 0.261. The van der Waals surface area contributed by atoms with E-state index in [1.165, 1.54) is 19.2 Å². The van der Waals surface area contributed by atoms with Gasteiger partial charge in [-0.1, -0.05) is 24.3 Å². The molecule has 6 N–H and O–H groups in total. The highest BCUT2D eigenvalue weighted by molar-refractivity contribution is 5.93. The van der Waals surface area contributed by atoms with Gasteiger partial charge in [-0.2, -0.15) is 0 Å². The zero-order chi connectivity index (χ0) is 23.7. The van der Waals surface area contributed by atoms with Crippen molar-refractivity contribution in [3.63, 3.8) is 0 Å². The van der Waals surface area contributed by atoms with Gasteiger partial charge in [-0.25, -0.2) is 9.59 Å². The number of rotatable bonds is 6. The number of carboxylic acids is 1. The van der Waals surface area contributed by atoms with Gasteiger partial charge < -0.3 is 30.4 Å². The maximum atomic E-state index is 12.9. The smallest absolute Gasteiger partial charge is 0.341 e. The molecule has 33 heavy (non-hydrogen) atoms. The number of esters is 1. The third-order valence-corrected chi connectivity index (χ3v) is 5.78. The number of carboxylic acid groups (broad SMARTS) is 1. The van der Waals surface area contributed by atoms with Crippen LogP contribution in [0.5, 0.6) is 5.75 Å². The molecular formula is C23H23N3O7. The lowest BCUT2D eigenvalue weighted by Crippen LogP contribution is -2.54. The van der Waals surface area contributed by atoms with Crippen molar-refractivity contribution in [3.05, 3.63) is 64.8 Å². The molecule has 0 fully saturated rings. The van der Waals surface area contributed by atoms with Crippen molar-refractivity contribution in [2.24, 2.45) is 0 Å². The summed E-state index contributed by atoms with van der Waals surface area (Å²) in [7, 11) is 1.21. The predicted octanol–water partition coefficient (Wildman–Crippen LogP) is 0.826. The van der Waals surface area contributed by atoms with E-state index in [9.17, 15) is 29.7 Å². The molecule has 0 unspecified atom stereocenters. The van der Waals surface area contributed by atoms with Gasteiger partial charge in [0.1, 0.15) is 17.4 Å². The molecule has 0 radical (unpaired) electrons. The van der Waals surface area contributed by atoms with Crippen LogP contribution in [-0.2, 0) is 20.7 Å². The van der Waals surface area contributed by atoms with Crippen LogP contribution in [-0.4, -0.2) is 63.9 Å². The summed E-state index contributed by atoms with van der Waals surface area (Å²) in [5.41, 5.74) is 3.10. The number of fused-ring (bicyclic) bond motifs is 3. The van der Waals surface area contributed by atoms with E-state index in [4.69, 9.17) is 4.74 Å². The second-order valence-corrected chi connectivity index (χ2v) is 7.77. The number of methoxy groups -OCH3 is 1. The van der Waals surface area contributed by atoms with Gasteiger partial charge in [-0.3, -0.25) is 10.1 Å². The van der Waals surface area contributed by atoms with E-state index >= 15 is 0 Å². The molecule has 10 nitrogen and oxygen atoms in total. The quantitative estimate of drug-likeness (QED) is 0.299. The summed E-state index contributed by atoms with van der Waals surface area (Å²) < 4.78 is 4.74. The average Bonchev–Trinajstić information content (AvgIpc) is 3.20. The fourth-order valence-electron chi connectivity index (χ4n) is 4.13. The van der Waals surface area contributed by atoms with E-state index in [-0.39, 0.29) is 17.7 Å². The molecule has 0 saturated heterocycles. The molecule has 3 aromatic rings. The highest BCUT2D eigenvalue weighted by Gasteiger charge is 2.35. The second-order valence-electron chi connectivity index (χ2n) is 7.77. The number of aliphatic hydroxyl groups is 1. The lowest BCUT2D eigenvalue weighted by molar-refractivity contribution is -0.143. The summed E-state index contributed by atoms with van der Waals surface area (Å²) in [5, 5.41) is 35.0. The number of carbonyl (C=O) groups excluding carboxylic acids is 2. The minimum absolute atomic E-state index is 0.0211. The molecule has 0 bridgehead atoms. The van der Waals surface area contributed by atoms with Gasteiger partial charge in [-0.15, -0.1) is 0 Å². The van der Waals surface area contributed by atoms with Gasteiger partial charge in [0.25, 0.3) is 0 Å². The number of aliphatic hydroxyl groups excluding tert-OH is 1. The van der Waals surface area contributed by atoms with Crippen LogP contribution in [0.2, 0.25) is 0 Å². The summed E-state index contributed by atoms with van der Waals surface area (Å²) in [6.07, 6.45) is 0.279. The third kappa shape index (κ3) is 4.13. The topological polar surface area (TPSA) is 161 Å². The predicted molar refractivity (Wildman–Crippen MR) is 117 cm³/mol. The van der Waals surface area contributed by atoms with Gasteiger partial charge in [0, 0.05) is 16.6 Å². The van der Waals surface area contributed by atoms with Crippen LogP contribution in [0.4, 0.5) is 0 Å². The number of aromatic hydroxyl groups is 1. The summed E-state index contributed by atoms with van der Waals surface area (Å²) >= 11 is 0. The van der Waals surface area contributed by atoms with Gasteiger partial charge in [-0.05, 0) is 35.7 Å². The number of H-pyrrole nitrogens is 1. The van der Waals surface area contributed by atoms with E-state index in [1.807, 2.05) is 24.3 Å². The Balaban J connectivity index is 1.78. The lowest BCUT2D eigenvalue weighted by Gasteiger charge is -2.32. The first-order valence-electron chi connectivity index (χ1n) is 10.2. The highest BCUT2D eigenvalue weighted by atomic mass is 16.5. The normalized spacial score (nSPS) is 18.4. The van der Waals surface area contributed by atoms with Crippen molar-refractivity contribution in [2.75, 3.05) is 13.7 Å². The molecule has 0 saturated carbocycles. The van der Waals surface area contributed by atoms with Gasteiger partial charge >= 0.3 is 11.9 Å². The number of ether oxygens (including phenoxy) is 1. The zero-order valence-electron chi connectivity index (χ0n) is 17.7. The van der Waals surface area contributed by atoms with Crippen LogP contribution in [0.1, 0.15) is 33.2 Å². The molecule has 172 valence electrons. The average molecular weight is 453 g/mol. The molecule has 4 rings (SSSR count). The molecule has 1 aliphatic rings. The SMILES string of the molecule is COC(=O)c1cc([C@H]2N[C@H](C(=O)N[C@@H](CO)C(=O)O)Cc3c2[nH]c2ccccc32)ccc1O. The van der Waals surface area contributed by atoms with Crippen LogP contribution in [0, 0.1) is 0 Å². The number of para-hydroxylation sites is 1. The minimum Gasteiger partial charge on any atom is -0.507 e. The number of phenols is 1. The molecule has 10 heteroatoms. The molecule has 1 aromatic heterocycles. The van der Waals surface area contributed by atoms with Crippen LogP contribution in [0.15, 0.2) is 42.5 Å². The van der Waals surface area contributed by atoms with Crippen LogP contribution >= 0.6 is 0 Å². The summed E-state index contributed by atoms with van der Waals surface area (Å²) in [6, 6.07) is 9.27. The highest BCUT2D eigenvalue weighted by Crippen LogP contribution is 2.36. The number of nitrogens with one attached hydrogen (secondary N) is 3. The number of hydrogen-bond donors (Lipinski definition) is 6. The molecule has 0 aliphatic carbocycles. The van der Waals surface area contributed by atoms with Crippen molar-refractivity contribution < 1.29 is 34.4 Å². The molecule has 2 aromatic carbocycles. The van der Waals surface area contributed by atoms with Crippen molar-refractivity contribution in [2.45, 2.75) is 24.5 Å². The zero-order valence-corrected chi connectivity index (χ0v) is 17.7. The van der Waals surface area contributed by atoms with Crippen LogP contribution in [0.25, 0.3) is 10.9 Å². The van der Waals surface area contributed by atoms with Crippen molar-refractivity contribution in [1.29, 1.82) is 0 Å². The first-order chi connectivity index (χ1) is 15.8. The fourth-order valence-corrected chi connectivity index (χ4v) is 4.13. The summed E-state index contributed by atoms with van der Waals surface area (Å²) in [4.78, 5) is 39.6. The van der Waals surface area contributed by atoms with Crippen LogP contribution < -0.4 is 10.6 Å². The monoisotopic (exact) mass is 453 g/mol. The van der Waals surface area contributed by atoms with Gasteiger partial charge in [0.05, 0.1) is 25.8 Å². The first-order valence-corrected chi connectivity index (χ1v) is 10.2. The lowest BCUT2D eigenvalue weighted by atomic mass is 9.89. The Morgan fingerprint density at radius 1 is 1.21 bits per heavy atom. The van der Waals surface area contributed by atoms with E-state index in [0.29, 0.717) is 5.56 Å². The van der Waals surface area contributed by atoms with Crippen LogP contribution in [0.3, 0.4) is 0 Å². The van der Waals surface area contributed by atoms with Crippen molar-refractivity contribution in [3.8, 4) is 5.75 Å². The maximum Gasteiger partial charge on any atom is 0.341 e. The molecule has 2 heterocycles. The van der Waals surface area contributed by atoms with E-state index in [2.05, 4.69) is 15.6 Å². The third-order valence-electron chi connectivity index (χ3n) is 5.78. The number of carbonyl (C=O) groups is 3. The Labute approximate surface area is 188 Å². The van der Waals surface area contributed by atoms with Crippen molar-refractivity contribution >= 4 is 28.7 Å². The Morgan fingerprint density at radius 2 is 1.97 bits per heavy atom. The molecule has 3 atom stereocenters. The van der Waals surface area contributed by atoms with E-state index in [0.717, 1.165) is 22.2 Å². The Hall–Kier alpha value is -3.89. The minimum atomic E-state index is -1.43. The number of aromatic nitrogens is 1. The number of aliphatic carboxylic acids is 1. The van der Waals surface area contributed by atoms with E-state index in [1.54, 1.807) is 6.07 Å². The molecule has 1 amide bonds. The summed E-state index contributed by atoms with van der Waals surface area (Å²) in [6.45, 7) is -0.740. The Kier molecular flexibility index (Phi) is 6.03. The molecule has 1 aliphatic heterocycles. The largest absolute Gasteiger partial charge is 0.507 e. The van der Waals surface area contributed by atoms with Gasteiger partial charge in [0.15, 0.2) is 0 Å². The standard InChI is InChI=1S/C23H23N3O7/c1-33-23(32)14-8-11(6-7-18(14)28)19-20-13(12-4-2-3-5-15(12)24-20)9-16(25-19)21(29)26-17(10-27)22(30)31/h2-8,16-17,19,24-25,27-28H,9-10H2,1H3,(H,26,29)(H,30,31)/t16-,17-,19+/m0/s1. The maximum absolute atomic E-state index is 12.9.